The van der Waals surface area contributed by atoms with Gasteiger partial charge in [-0.2, -0.15) is 10.2 Å². The average molecular weight is 379 g/mol. The molecule has 28 heavy (non-hydrogen) atoms. The highest BCUT2D eigenvalue weighted by atomic mass is 16.2. The van der Waals surface area contributed by atoms with Crippen molar-refractivity contribution >= 4 is 5.91 Å². The number of hydrogen-bond acceptors (Lipinski definition) is 5. The van der Waals surface area contributed by atoms with Crippen molar-refractivity contribution in [3.63, 3.8) is 0 Å². The van der Waals surface area contributed by atoms with Crippen molar-refractivity contribution < 1.29 is 4.79 Å². The maximum absolute atomic E-state index is 12.8. The fraction of sp³-hybridized carbons (Fsp3) is 0.450. The molecule has 8 heteroatoms. The van der Waals surface area contributed by atoms with Crippen LogP contribution in [-0.4, -0.2) is 53.8 Å². The van der Waals surface area contributed by atoms with Gasteiger partial charge in [-0.05, 0) is 31.4 Å². The first-order valence-electron chi connectivity index (χ1n) is 9.60. The van der Waals surface area contributed by atoms with Crippen LogP contribution in [0.25, 0.3) is 11.3 Å². The second-order valence-corrected chi connectivity index (χ2v) is 7.76. The minimum Gasteiger partial charge on any atom is -0.336 e. The number of aryl methyl sites for hydroxylation is 2. The van der Waals surface area contributed by atoms with E-state index in [1.807, 2.05) is 37.2 Å². The van der Waals surface area contributed by atoms with E-state index in [1.54, 1.807) is 10.9 Å². The molecule has 3 aromatic rings. The van der Waals surface area contributed by atoms with Crippen molar-refractivity contribution in [2.75, 3.05) is 13.1 Å². The Hall–Kier alpha value is -3.03. The number of hydrogen-bond donors (Lipinski definition) is 1. The molecular formula is C20H25N7O. The zero-order valence-electron chi connectivity index (χ0n) is 16.7. The highest BCUT2D eigenvalue weighted by Crippen LogP contribution is 2.28. The molecule has 8 nitrogen and oxygen atoms in total. The number of likely N-dealkylation sites (tertiary alicyclic amines) is 1. The molecule has 1 unspecified atom stereocenters. The maximum Gasteiger partial charge on any atom is 0.274 e. The molecule has 4 heterocycles. The van der Waals surface area contributed by atoms with Crippen LogP contribution in [0, 0.1) is 6.92 Å². The number of aromatic amines is 1. The third kappa shape index (κ3) is 3.54. The molecule has 146 valence electrons. The Morgan fingerprint density at radius 3 is 2.79 bits per heavy atom. The lowest BCUT2D eigenvalue weighted by Gasteiger charge is -2.15. The lowest BCUT2D eigenvalue weighted by atomic mass is 10.1. The van der Waals surface area contributed by atoms with Gasteiger partial charge in [-0.25, -0.2) is 9.97 Å². The van der Waals surface area contributed by atoms with Crippen LogP contribution in [-0.2, 0) is 7.05 Å². The third-order valence-electron chi connectivity index (χ3n) is 5.15. The van der Waals surface area contributed by atoms with E-state index in [9.17, 15) is 4.79 Å². The fourth-order valence-electron chi connectivity index (χ4n) is 3.53. The van der Waals surface area contributed by atoms with E-state index in [4.69, 9.17) is 4.98 Å². The van der Waals surface area contributed by atoms with Crippen LogP contribution in [0.4, 0.5) is 0 Å². The van der Waals surface area contributed by atoms with Gasteiger partial charge in [-0.15, -0.1) is 0 Å². The van der Waals surface area contributed by atoms with Gasteiger partial charge in [0.15, 0.2) is 0 Å². The van der Waals surface area contributed by atoms with E-state index in [-0.39, 0.29) is 11.8 Å². The number of rotatable bonds is 4. The lowest BCUT2D eigenvalue weighted by Crippen LogP contribution is -2.29. The molecule has 0 saturated carbocycles. The molecule has 1 aliphatic heterocycles. The molecule has 1 aliphatic rings. The predicted octanol–water partition coefficient (Wildman–Crippen LogP) is 2.66. The van der Waals surface area contributed by atoms with Gasteiger partial charge < -0.3 is 4.90 Å². The molecule has 0 spiro atoms. The summed E-state index contributed by atoms with van der Waals surface area (Å²) in [5.41, 5.74) is 4.21. The van der Waals surface area contributed by atoms with E-state index in [0.717, 1.165) is 34.9 Å². The van der Waals surface area contributed by atoms with Crippen LogP contribution in [0.2, 0.25) is 0 Å². The summed E-state index contributed by atoms with van der Waals surface area (Å²) in [4.78, 5) is 24.1. The summed E-state index contributed by atoms with van der Waals surface area (Å²) in [5.74, 6) is 1.19. The van der Waals surface area contributed by atoms with Crippen LogP contribution in [0.3, 0.4) is 0 Å². The molecule has 0 aliphatic carbocycles. The first-order valence-corrected chi connectivity index (χ1v) is 9.60. The highest BCUT2D eigenvalue weighted by Gasteiger charge is 2.31. The molecule has 0 aromatic carbocycles. The SMILES string of the molecule is Cc1cc(-c2cnn(C)c2)nc(C2CCN(C(=O)c3cc(C(C)C)[nH]n3)C2)n1. The molecule has 1 atom stereocenters. The Labute approximate surface area is 164 Å². The summed E-state index contributed by atoms with van der Waals surface area (Å²) in [6.07, 6.45) is 4.60. The molecule has 3 aromatic heterocycles. The molecule has 0 bridgehead atoms. The molecule has 1 amide bonds. The topological polar surface area (TPSA) is 92.6 Å². The Bertz CT molecular complexity index is 1000. The predicted molar refractivity (Wildman–Crippen MR) is 105 cm³/mol. The molecular weight excluding hydrogens is 354 g/mol. The minimum atomic E-state index is -0.0363. The normalized spacial score (nSPS) is 16.9. The number of carbonyl (C=O) groups excluding carboxylic acids is 1. The van der Waals surface area contributed by atoms with Gasteiger partial charge in [0.2, 0.25) is 0 Å². The van der Waals surface area contributed by atoms with Gasteiger partial charge in [0.25, 0.3) is 5.91 Å². The Morgan fingerprint density at radius 2 is 2.11 bits per heavy atom. The average Bonchev–Trinajstić information content (AvgIpc) is 3.40. The third-order valence-corrected chi connectivity index (χ3v) is 5.15. The van der Waals surface area contributed by atoms with Crippen LogP contribution >= 0.6 is 0 Å². The molecule has 4 rings (SSSR count). The summed E-state index contributed by atoms with van der Waals surface area (Å²) in [6, 6.07) is 3.82. The molecule has 1 N–H and O–H groups in total. The maximum atomic E-state index is 12.8. The van der Waals surface area contributed by atoms with Gasteiger partial charge in [0.05, 0.1) is 11.9 Å². The smallest absolute Gasteiger partial charge is 0.274 e. The lowest BCUT2D eigenvalue weighted by molar-refractivity contribution is 0.0784. The number of nitrogens with one attached hydrogen (secondary N) is 1. The van der Waals surface area contributed by atoms with Gasteiger partial charge in [0.1, 0.15) is 11.5 Å². The zero-order chi connectivity index (χ0) is 19.8. The monoisotopic (exact) mass is 379 g/mol. The summed E-state index contributed by atoms with van der Waals surface area (Å²) >= 11 is 0. The molecule has 1 saturated heterocycles. The quantitative estimate of drug-likeness (QED) is 0.752. The summed E-state index contributed by atoms with van der Waals surface area (Å²) in [5, 5.41) is 11.4. The first-order chi connectivity index (χ1) is 13.4. The van der Waals surface area contributed by atoms with E-state index < -0.39 is 0 Å². The Kier molecular flexibility index (Phi) is 4.70. The summed E-state index contributed by atoms with van der Waals surface area (Å²) in [6.45, 7) is 7.41. The van der Waals surface area contributed by atoms with Gasteiger partial charge in [-0.1, -0.05) is 13.8 Å². The van der Waals surface area contributed by atoms with E-state index in [2.05, 4.69) is 34.1 Å². The second-order valence-electron chi connectivity index (χ2n) is 7.76. The van der Waals surface area contributed by atoms with Crippen molar-refractivity contribution in [2.45, 2.75) is 39.0 Å². The van der Waals surface area contributed by atoms with Gasteiger partial charge >= 0.3 is 0 Å². The van der Waals surface area contributed by atoms with Crippen molar-refractivity contribution in [1.29, 1.82) is 0 Å². The number of H-pyrrole nitrogens is 1. The number of nitrogens with zero attached hydrogens (tertiary/aromatic N) is 6. The van der Waals surface area contributed by atoms with Crippen molar-refractivity contribution in [1.82, 2.24) is 34.8 Å². The number of carbonyl (C=O) groups is 1. The second kappa shape index (κ2) is 7.18. The van der Waals surface area contributed by atoms with Crippen molar-refractivity contribution in [3.8, 4) is 11.3 Å². The van der Waals surface area contributed by atoms with E-state index in [1.165, 1.54) is 0 Å². The van der Waals surface area contributed by atoms with Crippen LogP contribution in [0.1, 0.15) is 59.8 Å². The standard InChI is InChI=1S/C20H25N7O/c1-12(2)16-8-18(25-24-16)20(28)27-6-5-14(11-27)19-22-13(3)7-17(23-19)15-9-21-26(4)10-15/h7-10,12,14H,5-6,11H2,1-4H3,(H,24,25). The summed E-state index contributed by atoms with van der Waals surface area (Å²) < 4.78 is 1.76. The van der Waals surface area contributed by atoms with E-state index in [0.29, 0.717) is 24.7 Å². The van der Waals surface area contributed by atoms with E-state index >= 15 is 0 Å². The van der Waals surface area contributed by atoms with Crippen LogP contribution < -0.4 is 0 Å². The van der Waals surface area contributed by atoms with Crippen molar-refractivity contribution in [3.05, 3.63) is 47.4 Å². The molecule has 1 fully saturated rings. The van der Waals surface area contributed by atoms with Gasteiger partial charge in [-0.3, -0.25) is 14.6 Å². The van der Waals surface area contributed by atoms with Gasteiger partial charge in [0, 0.05) is 49.2 Å². The van der Waals surface area contributed by atoms with Crippen molar-refractivity contribution in [2.24, 2.45) is 7.05 Å². The van der Waals surface area contributed by atoms with Crippen LogP contribution in [0.5, 0.6) is 0 Å². The number of aromatic nitrogens is 6. The number of amides is 1. The molecule has 0 radical (unpaired) electrons. The highest BCUT2D eigenvalue weighted by molar-refractivity contribution is 5.92. The largest absolute Gasteiger partial charge is 0.336 e. The Balaban J connectivity index is 1.52. The first kappa shape index (κ1) is 18.3. The van der Waals surface area contributed by atoms with Crippen LogP contribution in [0.15, 0.2) is 24.5 Å². The minimum absolute atomic E-state index is 0.0363. The zero-order valence-corrected chi connectivity index (χ0v) is 16.7. The Morgan fingerprint density at radius 1 is 1.29 bits per heavy atom. The summed E-state index contributed by atoms with van der Waals surface area (Å²) in [7, 11) is 1.89. The fourth-order valence-corrected chi connectivity index (χ4v) is 3.53.